The molecule has 0 N–H and O–H groups in total. The molecule has 1 aromatic carbocycles. The highest BCUT2D eigenvalue weighted by Crippen LogP contribution is 2.18. The van der Waals surface area contributed by atoms with Gasteiger partial charge in [-0.15, -0.1) is 0 Å². The van der Waals surface area contributed by atoms with E-state index in [2.05, 4.69) is 21.0 Å². The van der Waals surface area contributed by atoms with Crippen LogP contribution in [0.25, 0.3) is 0 Å². The van der Waals surface area contributed by atoms with Crippen molar-refractivity contribution in [3.05, 3.63) is 46.7 Å². The van der Waals surface area contributed by atoms with Crippen molar-refractivity contribution in [1.82, 2.24) is 14.1 Å². The zero-order chi connectivity index (χ0) is 14.0. The van der Waals surface area contributed by atoms with Gasteiger partial charge >= 0.3 is 0 Å². The smallest absolute Gasteiger partial charge is 0.246 e. The van der Waals surface area contributed by atoms with Crippen LogP contribution in [0.2, 0.25) is 0 Å². The van der Waals surface area contributed by atoms with Gasteiger partial charge < -0.3 is 0 Å². The molecule has 5 nitrogen and oxygen atoms in total. The second kappa shape index (κ2) is 5.44. The van der Waals surface area contributed by atoms with Crippen LogP contribution >= 0.6 is 15.9 Å². The zero-order valence-corrected chi connectivity index (χ0v) is 13.0. The van der Waals surface area contributed by atoms with E-state index < -0.39 is 10.0 Å². The lowest BCUT2D eigenvalue weighted by molar-refractivity contribution is 0.466. The van der Waals surface area contributed by atoms with Crippen molar-refractivity contribution in [2.24, 2.45) is 7.05 Å². The fourth-order valence-corrected chi connectivity index (χ4v) is 3.28. The van der Waals surface area contributed by atoms with E-state index in [1.807, 2.05) is 24.3 Å². The van der Waals surface area contributed by atoms with Crippen molar-refractivity contribution in [3.8, 4) is 0 Å². The Bertz CT molecular complexity index is 682. The molecule has 1 aromatic heterocycles. The van der Waals surface area contributed by atoms with Crippen molar-refractivity contribution < 1.29 is 8.42 Å². The van der Waals surface area contributed by atoms with Crippen LogP contribution in [0.1, 0.15) is 5.56 Å². The van der Waals surface area contributed by atoms with E-state index in [0.717, 1.165) is 10.0 Å². The first-order chi connectivity index (χ1) is 8.89. The summed E-state index contributed by atoms with van der Waals surface area (Å²) in [4.78, 5) is 0.201. The molecule has 2 aromatic rings. The second-order valence-electron chi connectivity index (χ2n) is 4.24. The summed E-state index contributed by atoms with van der Waals surface area (Å²) in [6.07, 6.45) is 2.85. The second-order valence-corrected chi connectivity index (χ2v) is 7.20. The van der Waals surface area contributed by atoms with Crippen LogP contribution in [-0.2, 0) is 23.6 Å². The van der Waals surface area contributed by atoms with Crippen molar-refractivity contribution in [2.75, 3.05) is 7.05 Å². The standard InChI is InChI=1S/C12H14BrN3O2S/c1-15-9-12(7-14-15)19(17,18)16(2)8-10-4-3-5-11(13)6-10/h3-7,9H,8H2,1-2H3. The molecule has 1 heterocycles. The van der Waals surface area contributed by atoms with Gasteiger partial charge in [-0.25, -0.2) is 8.42 Å². The maximum Gasteiger partial charge on any atom is 0.246 e. The van der Waals surface area contributed by atoms with E-state index >= 15 is 0 Å². The van der Waals surface area contributed by atoms with Crippen LogP contribution in [0, 0.1) is 0 Å². The van der Waals surface area contributed by atoms with E-state index in [4.69, 9.17) is 0 Å². The fraction of sp³-hybridized carbons (Fsp3) is 0.250. The Hall–Kier alpha value is -1.18. The number of halogens is 1. The van der Waals surface area contributed by atoms with Crippen molar-refractivity contribution in [3.63, 3.8) is 0 Å². The molecule has 2 rings (SSSR count). The zero-order valence-electron chi connectivity index (χ0n) is 10.6. The molecule has 7 heteroatoms. The van der Waals surface area contributed by atoms with E-state index in [-0.39, 0.29) is 4.90 Å². The summed E-state index contributed by atoms with van der Waals surface area (Å²) in [6.45, 7) is 0.316. The molecule has 0 spiro atoms. The molecule has 0 fully saturated rings. The van der Waals surface area contributed by atoms with Crippen LogP contribution in [0.4, 0.5) is 0 Å². The lowest BCUT2D eigenvalue weighted by Crippen LogP contribution is -2.26. The molecular formula is C12H14BrN3O2S. The molecule has 0 atom stereocenters. The average molecular weight is 344 g/mol. The minimum absolute atomic E-state index is 0.201. The van der Waals surface area contributed by atoms with Gasteiger partial charge in [-0.1, -0.05) is 28.1 Å². The average Bonchev–Trinajstić information content (AvgIpc) is 2.76. The van der Waals surface area contributed by atoms with Gasteiger partial charge in [-0.2, -0.15) is 9.40 Å². The van der Waals surface area contributed by atoms with Gasteiger partial charge in [0.1, 0.15) is 4.90 Å². The molecule has 19 heavy (non-hydrogen) atoms. The highest BCUT2D eigenvalue weighted by atomic mass is 79.9. The first-order valence-electron chi connectivity index (χ1n) is 5.59. The topological polar surface area (TPSA) is 55.2 Å². The van der Waals surface area contributed by atoms with Crippen molar-refractivity contribution >= 4 is 26.0 Å². The third kappa shape index (κ3) is 3.23. The number of sulfonamides is 1. The number of aryl methyl sites for hydroxylation is 1. The van der Waals surface area contributed by atoms with Gasteiger partial charge in [-0.3, -0.25) is 4.68 Å². The quantitative estimate of drug-likeness (QED) is 0.853. The molecule has 0 bridgehead atoms. The Morgan fingerprint density at radius 1 is 1.42 bits per heavy atom. The number of rotatable bonds is 4. The van der Waals surface area contributed by atoms with Crippen LogP contribution in [0.5, 0.6) is 0 Å². The van der Waals surface area contributed by atoms with Crippen molar-refractivity contribution in [1.29, 1.82) is 0 Å². The minimum atomic E-state index is -3.49. The maximum atomic E-state index is 12.3. The molecular weight excluding hydrogens is 330 g/mol. The van der Waals surface area contributed by atoms with Gasteiger partial charge in [0.25, 0.3) is 0 Å². The Morgan fingerprint density at radius 2 is 2.16 bits per heavy atom. The fourth-order valence-electron chi connectivity index (χ4n) is 1.69. The summed E-state index contributed by atoms with van der Waals surface area (Å²) in [5.41, 5.74) is 0.921. The van der Waals surface area contributed by atoms with Crippen LogP contribution in [-0.4, -0.2) is 29.6 Å². The lowest BCUT2D eigenvalue weighted by Gasteiger charge is -2.16. The first kappa shape index (κ1) is 14.2. The minimum Gasteiger partial charge on any atom is -0.274 e. The summed E-state index contributed by atoms with van der Waals surface area (Å²) >= 11 is 3.37. The van der Waals surface area contributed by atoms with E-state index in [1.54, 1.807) is 14.1 Å². The highest BCUT2D eigenvalue weighted by Gasteiger charge is 2.22. The Labute approximate surface area is 121 Å². The summed E-state index contributed by atoms with van der Waals surface area (Å²) in [5.74, 6) is 0. The van der Waals surface area contributed by atoms with Gasteiger partial charge in [0.2, 0.25) is 10.0 Å². The monoisotopic (exact) mass is 343 g/mol. The number of hydrogen-bond donors (Lipinski definition) is 0. The highest BCUT2D eigenvalue weighted by molar-refractivity contribution is 9.10. The molecule has 102 valence electrons. The van der Waals surface area contributed by atoms with Crippen LogP contribution in [0.15, 0.2) is 46.0 Å². The molecule has 0 saturated heterocycles. The Kier molecular flexibility index (Phi) is 4.07. The number of nitrogens with zero attached hydrogens (tertiary/aromatic N) is 3. The van der Waals surface area contributed by atoms with Crippen molar-refractivity contribution in [2.45, 2.75) is 11.4 Å². The molecule has 0 saturated carbocycles. The van der Waals surface area contributed by atoms with Gasteiger partial charge in [-0.05, 0) is 17.7 Å². The predicted molar refractivity (Wildman–Crippen MR) is 76.0 cm³/mol. The third-order valence-corrected chi connectivity index (χ3v) is 4.93. The number of aromatic nitrogens is 2. The summed E-state index contributed by atoms with van der Waals surface area (Å²) < 4.78 is 28.3. The van der Waals surface area contributed by atoms with Gasteiger partial charge in [0.05, 0.1) is 6.20 Å². The summed E-state index contributed by atoms with van der Waals surface area (Å²) in [7, 11) is -0.248. The van der Waals surface area contributed by atoms with Crippen LogP contribution in [0.3, 0.4) is 0 Å². The largest absolute Gasteiger partial charge is 0.274 e. The first-order valence-corrected chi connectivity index (χ1v) is 7.82. The molecule has 0 aliphatic rings. The molecule has 0 aliphatic heterocycles. The molecule has 0 amide bonds. The lowest BCUT2D eigenvalue weighted by atomic mass is 10.2. The van der Waals surface area contributed by atoms with E-state index in [1.165, 1.54) is 21.4 Å². The Morgan fingerprint density at radius 3 is 2.74 bits per heavy atom. The molecule has 0 unspecified atom stereocenters. The summed E-state index contributed by atoms with van der Waals surface area (Å²) in [5, 5.41) is 3.89. The summed E-state index contributed by atoms with van der Waals surface area (Å²) in [6, 6.07) is 7.57. The maximum absolute atomic E-state index is 12.3. The van der Waals surface area contributed by atoms with E-state index in [9.17, 15) is 8.42 Å². The third-order valence-electron chi connectivity index (χ3n) is 2.68. The Balaban J connectivity index is 2.22. The van der Waals surface area contributed by atoms with Crippen LogP contribution < -0.4 is 0 Å². The van der Waals surface area contributed by atoms with Gasteiger partial charge in [0.15, 0.2) is 0 Å². The normalized spacial score (nSPS) is 12.0. The predicted octanol–water partition coefficient (Wildman–Crippen LogP) is 2.00. The van der Waals surface area contributed by atoms with E-state index in [0.29, 0.717) is 6.54 Å². The SMILES string of the molecule is CN(Cc1cccc(Br)c1)S(=O)(=O)c1cnn(C)c1. The number of hydrogen-bond acceptors (Lipinski definition) is 3. The van der Waals surface area contributed by atoms with Gasteiger partial charge in [0, 0.05) is 31.3 Å². The molecule has 0 radical (unpaired) electrons. The molecule has 0 aliphatic carbocycles. The number of benzene rings is 1.